The lowest BCUT2D eigenvalue weighted by molar-refractivity contribution is 0.321. The van der Waals surface area contributed by atoms with E-state index in [1.165, 1.54) is 35.5 Å². The van der Waals surface area contributed by atoms with Gasteiger partial charge < -0.3 is 9.88 Å². The van der Waals surface area contributed by atoms with Crippen molar-refractivity contribution >= 4 is 57.7 Å². The van der Waals surface area contributed by atoms with Crippen LogP contribution in [0.1, 0.15) is 31.9 Å². The normalized spacial score (nSPS) is 11.0. The molecule has 5 nitrogen and oxygen atoms in total. The van der Waals surface area contributed by atoms with Crippen LogP contribution in [-0.2, 0) is 0 Å². The smallest absolute Gasteiger partial charge is 0.278 e. The number of rotatable bonds is 5. The van der Waals surface area contributed by atoms with E-state index in [0.29, 0.717) is 24.1 Å². The number of aryl methyl sites for hydroxylation is 2. The summed E-state index contributed by atoms with van der Waals surface area (Å²) >= 11 is 18.5. The molecule has 0 amide bonds. The van der Waals surface area contributed by atoms with Crippen molar-refractivity contribution in [2.75, 3.05) is 19.6 Å². The first-order valence-electron chi connectivity index (χ1n) is 11.2. The number of H-pyrrole nitrogens is 1. The van der Waals surface area contributed by atoms with E-state index in [-0.39, 0.29) is 5.56 Å². The molecule has 0 saturated heterocycles. The minimum Gasteiger partial charge on any atom is -0.316 e. The number of aromatic amines is 1. The van der Waals surface area contributed by atoms with Gasteiger partial charge in [-0.15, -0.1) is 0 Å². The third-order valence-corrected chi connectivity index (χ3v) is 7.80. The van der Waals surface area contributed by atoms with Gasteiger partial charge in [0.2, 0.25) is 0 Å². The van der Waals surface area contributed by atoms with Gasteiger partial charge in [-0.1, -0.05) is 61.9 Å². The SMILES string of the molecule is CCN(CC)CC.Cc1cc(-n2c(=S)sc3c(=O)n(-c4ccccc4C)c(=S)[nH]c32)ccc1Cl. The number of aromatic nitrogens is 3. The highest BCUT2D eigenvalue weighted by Gasteiger charge is 2.16. The molecular formula is C25H29ClN4OS3. The first kappa shape index (κ1) is 26.5. The molecule has 0 spiro atoms. The summed E-state index contributed by atoms with van der Waals surface area (Å²) in [7, 11) is 0. The molecule has 0 unspecified atom stereocenters. The van der Waals surface area contributed by atoms with Gasteiger partial charge in [-0.3, -0.25) is 13.9 Å². The van der Waals surface area contributed by atoms with Crippen LogP contribution in [0.3, 0.4) is 0 Å². The second-order valence-electron chi connectivity index (χ2n) is 7.79. The maximum atomic E-state index is 13.2. The van der Waals surface area contributed by atoms with Crippen LogP contribution in [0.15, 0.2) is 47.3 Å². The van der Waals surface area contributed by atoms with Crippen molar-refractivity contribution < 1.29 is 0 Å². The largest absolute Gasteiger partial charge is 0.316 e. The van der Waals surface area contributed by atoms with E-state index in [1.807, 2.05) is 60.9 Å². The number of nitrogens with zero attached hydrogens (tertiary/aromatic N) is 3. The molecule has 0 saturated carbocycles. The Morgan fingerprint density at radius 2 is 1.62 bits per heavy atom. The lowest BCUT2D eigenvalue weighted by atomic mass is 10.2. The zero-order valence-electron chi connectivity index (χ0n) is 20.0. The van der Waals surface area contributed by atoms with Crippen LogP contribution in [0.25, 0.3) is 21.7 Å². The Bertz CT molecular complexity index is 1470. The first-order valence-corrected chi connectivity index (χ1v) is 13.2. The van der Waals surface area contributed by atoms with Gasteiger partial charge in [-0.2, -0.15) is 0 Å². The molecule has 0 aliphatic carbocycles. The Labute approximate surface area is 219 Å². The highest BCUT2D eigenvalue weighted by atomic mass is 35.5. The Hall–Kier alpha value is -2.10. The Morgan fingerprint density at radius 3 is 2.18 bits per heavy atom. The van der Waals surface area contributed by atoms with Gasteiger partial charge in [0.05, 0.1) is 5.69 Å². The van der Waals surface area contributed by atoms with Gasteiger partial charge in [0.15, 0.2) is 8.73 Å². The van der Waals surface area contributed by atoms with E-state index in [9.17, 15) is 4.79 Å². The number of halogens is 1. The fourth-order valence-electron chi connectivity index (χ4n) is 3.69. The summed E-state index contributed by atoms with van der Waals surface area (Å²) in [6.45, 7) is 14.0. The van der Waals surface area contributed by atoms with Gasteiger partial charge in [-0.05, 0) is 93.3 Å². The number of benzene rings is 2. The number of nitrogens with one attached hydrogen (secondary N) is 1. The minimum atomic E-state index is -0.177. The second-order valence-corrected chi connectivity index (χ2v) is 10.2. The average Bonchev–Trinajstić information content (AvgIpc) is 3.14. The lowest BCUT2D eigenvalue weighted by Gasteiger charge is -2.13. The number of fused-ring (bicyclic) bond motifs is 1. The Balaban J connectivity index is 0.000000406. The van der Waals surface area contributed by atoms with Crippen molar-refractivity contribution in [1.82, 2.24) is 19.0 Å². The number of para-hydroxylation sites is 1. The molecular weight excluding hydrogens is 504 g/mol. The summed E-state index contributed by atoms with van der Waals surface area (Å²) < 4.78 is 4.78. The molecule has 4 rings (SSSR count). The Morgan fingerprint density at radius 1 is 0.971 bits per heavy atom. The van der Waals surface area contributed by atoms with Crippen LogP contribution in [0.5, 0.6) is 0 Å². The quantitative estimate of drug-likeness (QED) is 0.275. The fraction of sp³-hybridized carbons (Fsp3) is 0.320. The number of hydrogen-bond acceptors (Lipinski definition) is 5. The van der Waals surface area contributed by atoms with Crippen LogP contribution in [0.2, 0.25) is 5.02 Å². The molecule has 0 bridgehead atoms. The predicted octanol–water partition coefficient (Wildman–Crippen LogP) is 7.25. The fourth-order valence-corrected chi connectivity index (χ4v) is 5.41. The first-order chi connectivity index (χ1) is 16.2. The van der Waals surface area contributed by atoms with Gasteiger partial charge in [-0.25, -0.2) is 0 Å². The lowest BCUT2D eigenvalue weighted by Crippen LogP contribution is -2.21. The third-order valence-electron chi connectivity index (χ3n) is 5.73. The van der Waals surface area contributed by atoms with E-state index >= 15 is 0 Å². The van der Waals surface area contributed by atoms with Crippen molar-refractivity contribution in [1.29, 1.82) is 0 Å². The van der Waals surface area contributed by atoms with Gasteiger partial charge in [0.25, 0.3) is 5.56 Å². The van der Waals surface area contributed by atoms with Crippen molar-refractivity contribution in [3.8, 4) is 11.4 Å². The Kier molecular flexibility index (Phi) is 9.01. The summed E-state index contributed by atoms with van der Waals surface area (Å²) in [6.07, 6.45) is 0. The zero-order valence-corrected chi connectivity index (χ0v) is 23.2. The van der Waals surface area contributed by atoms with E-state index in [4.69, 9.17) is 36.0 Å². The van der Waals surface area contributed by atoms with E-state index in [1.54, 1.807) is 0 Å². The highest BCUT2D eigenvalue weighted by molar-refractivity contribution is 7.73. The monoisotopic (exact) mass is 532 g/mol. The standard InChI is InChI=1S/C19H14ClN3OS3.C6H15N/c1-10-5-3-4-6-14(10)23-17(24)15-16(21-18(23)25)22(19(26)27-15)12-7-8-13(20)11(2)9-12;1-4-7(5-2)6-3/h3-9H,1-2H3,(H,21,25);4-6H2,1-3H3. The molecule has 4 aromatic rings. The van der Waals surface area contributed by atoms with Gasteiger partial charge in [0.1, 0.15) is 10.3 Å². The summed E-state index contributed by atoms with van der Waals surface area (Å²) in [5.41, 5.74) is 3.93. The maximum Gasteiger partial charge on any atom is 0.278 e. The molecule has 9 heteroatoms. The van der Waals surface area contributed by atoms with Crippen molar-refractivity contribution in [3.63, 3.8) is 0 Å². The minimum absolute atomic E-state index is 0.177. The van der Waals surface area contributed by atoms with Crippen LogP contribution in [0.4, 0.5) is 0 Å². The molecule has 180 valence electrons. The predicted molar refractivity (Wildman–Crippen MR) is 151 cm³/mol. The highest BCUT2D eigenvalue weighted by Crippen LogP contribution is 2.26. The maximum absolute atomic E-state index is 13.2. The van der Waals surface area contributed by atoms with Crippen molar-refractivity contribution in [2.24, 2.45) is 0 Å². The van der Waals surface area contributed by atoms with E-state index in [2.05, 4.69) is 30.7 Å². The molecule has 0 aliphatic rings. The van der Waals surface area contributed by atoms with Crippen molar-refractivity contribution in [3.05, 3.63) is 77.7 Å². The molecule has 0 radical (unpaired) electrons. The van der Waals surface area contributed by atoms with Gasteiger partial charge >= 0.3 is 0 Å². The average molecular weight is 533 g/mol. The second kappa shape index (κ2) is 11.6. The molecule has 1 N–H and O–H groups in total. The third kappa shape index (κ3) is 5.42. The van der Waals surface area contributed by atoms with Crippen LogP contribution in [-0.4, -0.2) is 38.7 Å². The van der Waals surface area contributed by atoms with Crippen LogP contribution in [0, 0.1) is 22.6 Å². The molecule has 0 fully saturated rings. The summed E-state index contributed by atoms with van der Waals surface area (Å²) in [5.74, 6) is 0. The number of thiazole rings is 1. The summed E-state index contributed by atoms with van der Waals surface area (Å²) in [6, 6.07) is 13.3. The van der Waals surface area contributed by atoms with E-state index in [0.717, 1.165) is 22.5 Å². The molecule has 34 heavy (non-hydrogen) atoms. The van der Waals surface area contributed by atoms with Crippen LogP contribution < -0.4 is 5.56 Å². The summed E-state index contributed by atoms with van der Waals surface area (Å²) in [4.78, 5) is 18.8. The zero-order chi connectivity index (χ0) is 25.0. The van der Waals surface area contributed by atoms with Gasteiger partial charge in [0, 0.05) is 10.7 Å². The molecule has 2 aromatic carbocycles. The van der Waals surface area contributed by atoms with E-state index < -0.39 is 0 Å². The summed E-state index contributed by atoms with van der Waals surface area (Å²) in [5, 5.41) is 0.680. The van der Waals surface area contributed by atoms with Crippen molar-refractivity contribution in [2.45, 2.75) is 34.6 Å². The van der Waals surface area contributed by atoms with Crippen LogP contribution >= 0.6 is 47.4 Å². The number of hydrogen-bond donors (Lipinski definition) is 1. The molecule has 0 aliphatic heterocycles. The molecule has 0 atom stereocenters. The molecule has 2 aromatic heterocycles. The topological polar surface area (TPSA) is 46.0 Å². The molecule has 2 heterocycles.